The number of hydrogen-bond acceptors (Lipinski definition) is 8. The van der Waals surface area contributed by atoms with Crippen molar-refractivity contribution in [3.05, 3.63) is 10.9 Å². The van der Waals surface area contributed by atoms with Crippen LogP contribution in [-0.2, 0) is 11.2 Å². The molecule has 2 aromatic rings. The summed E-state index contributed by atoms with van der Waals surface area (Å²) in [6.45, 7) is 3.59. The molecule has 0 unspecified atom stereocenters. The minimum Gasteiger partial charge on any atom is -0.394 e. The minimum atomic E-state index is 0.0311. The third-order valence-corrected chi connectivity index (χ3v) is 3.87. The van der Waals surface area contributed by atoms with Crippen molar-refractivity contribution in [2.24, 2.45) is 5.84 Å². The quantitative estimate of drug-likeness (QED) is 0.327. The number of anilines is 2. The number of hydrazine groups is 1. The number of hydrogen-bond donors (Lipinski definition) is 4. The fourth-order valence-corrected chi connectivity index (χ4v) is 2.72. The summed E-state index contributed by atoms with van der Waals surface area (Å²) in [7, 11) is 0. The molecule has 0 atom stereocenters. The Bertz CT molecular complexity index is 560. The van der Waals surface area contributed by atoms with Gasteiger partial charge in [0.05, 0.1) is 25.2 Å². The maximum Gasteiger partial charge on any atom is 0.240 e. The van der Waals surface area contributed by atoms with E-state index >= 15 is 0 Å². The number of nitrogens with two attached hydrogens (primary N) is 1. The van der Waals surface area contributed by atoms with Gasteiger partial charge in [-0.2, -0.15) is 4.98 Å². The summed E-state index contributed by atoms with van der Waals surface area (Å²) in [5.41, 5.74) is 2.48. The Morgan fingerprint density at radius 2 is 2.25 bits per heavy atom. The van der Waals surface area contributed by atoms with E-state index in [0.717, 1.165) is 22.5 Å². The Balaban J connectivity index is 2.14. The van der Waals surface area contributed by atoms with Gasteiger partial charge in [-0.05, 0) is 12.5 Å². The standard InChI is InChI=1S/C12H19N5O2S/c1-2-8-7-9-10(14-3-5-19-6-4-18)15-12(17-13)16-11(9)20-8/h7,18H,2-6,13H2,1H3,(H2,14,15,16,17). The second kappa shape index (κ2) is 7.34. The maximum absolute atomic E-state index is 8.64. The lowest BCUT2D eigenvalue weighted by Gasteiger charge is -2.08. The Labute approximate surface area is 121 Å². The number of aliphatic hydroxyl groups excluding tert-OH is 1. The van der Waals surface area contributed by atoms with Gasteiger partial charge in [0.15, 0.2) is 0 Å². The van der Waals surface area contributed by atoms with Crippen molar-refractivity contribution in [2.45, 2.75) is 13.3 Å². The van der Waals surface area contributed by atoms with Crippen LogP contribution in [0.4, 0.5) is 11.8 Å². The fourth-order valence-electron chi connectivity index (χ4n) is 1.75. The lowest BCUT2D eigenvalue weighted by atomic mass is 10.3. The number of rotatable bonds is 8. The molecule has 8 heteroatoms. The highest BCUT2D eigenvalue weighted by Crippen LogP contribution is 2.30. The maximum atomic E-state index is 8.64. The van der Waals surface area contributed by atoms with Gasteiger partial charge in [-0.3, -0.25) is 5.43 Å². The summed E-state index contributed by atoms with van der Waals surface area (Å²) in [4.78, 5) is 10.8. The molecule has 0 spiro atoms. The number of nitrogen functional groups attached to an aromatic ring is 1. The first-order valence-electron chi connectivity index (χ1n) is 6.48. The normalized spacial score (nSPS) is 10.9. The van der Waals surface area contributed by atoms with Gasteiger partial charge in [0.2, 0.25) is 5.95 Å². The van der Waals surface area contributed by atoms with Crippen LogP contribution in [0.25, 0.3) is 10.2 Å². The summed E-state index contributed by atoms with van der Waals surface area (Å²) in [6.07, 6.45) is 0.964. The van der Waals surface area contributed by atoms with Gasteiger partial charge >= 0.3 is 0 Å². The average molecular weight is 297 g/mol. The largest absolute Gasteiger partial charge is 0.394 e. The predicted molar refractivity (Wildman–Crippen MR) is 81.0 cm³/mol. The predicted octanol–water partition coefficient (Wildman–Crippen LogP) is 0.960. The van der Waals surface area contributed by atoms with Crippen LogP contribution < -0.4 is 16.6 Å². The van der Waals surface area contributed by atoms with E-state index in [9.17, 15) is 0 Å². The third kappa shape index (κ3) is 3.54. The van der Waals surface area contributed by atoms with Crippen LogP contribution in [0.3, 0.4) is 0 Å². The summed E-state index contributed by atoms with van der Waals surface area (Å²) < 4.78 is 5.21. The van der Waals surface area contributed by atoms with E-state index in [4.69, 9.17) is 15.7 Å². The van der Waals surface area contributed by atoms with Crippen LogP contribution in [0.5, 0.6) is 0 Å². The van der Waals surface area contributed by atoms with Crippen molar-refractivity contribution < 1.29 is 9.84 Å². The van der Waals surface area contributed by atoms with Crippen molar-refractivity contribution in [1.29, 1.82) is 0 Å². The van der Waals surface area contributed by atoms with E-state index in [0.29, 0.717) is 25.7 Å². The molecule has 0 aliphatic rings. The topological polar surface area (TPSA) is 105 Å². The van der Waals surface area contributed by atoms with Gasteiger partial charge < -0.3 is 15.2 Å². The van der Waals surface area contributed by atoms with Crippen LogP contribution in [0.2, 0.25) is 0 Å². The van der Waals surface area contributed by atoms with Crippen molar-refractivity contribution in [1.82, 2.24) is 9.97 Å². The SMILES string of the molecule is CCc1cc2c(NCCOCCO)nc(NN)nc2s1. The molecule has 0 aliphatic heterocycles. The first kappa shape index (κ1) is 14.9. The van der Waals surface area contributed by atoms with Gasteiger partial charge in [-0.25, -0.2) is 10.8 Å². The number of fused-ring (bicyclic) bond motifs is 1. The number of aromatic nitrogens is 2. The number of aliphatic hydroxyl groups is 1. The average Bonchev–Trinajstić information content (AvgIpc) is 2.89. The Morgan fingerprint density at radius 3 is 2.95 bits per heavy atom. The number of nitrogens with one attached hydrogen (secondary N) is 2. The first-order chi connectivity index (χ1) is 9.78. The van der Waals surface area contributed by atoms with Crippen molar-refractivity contribution in [2.75, 3.05) is 37.1 Å². The summed E-state index contributed by atoms with van der Waals surface area (Å²) in [5, 5.41) is 12.8. The molecule has 0 saturated heterocycles. The van der Waals surface area contributed by atoms with Gasteiger partial charge in [-0.1, -0.05) is 6.92 Å². The molecule has 2 rings (SSSR count). The number of ether oxygens (including phenoxy) is 1. The third-order valence-electron chi connectivity index (χ3n) is 2.70. The zero-order valence-electron chi connectivity index (χ0n) is 11.3. The van der Waals surface area contributed by atoms with Crippen LogP contribution >= 0.6 is 11.3 Å². The fraction of sp³-hybridized carbons (Fsp3) is 0.500. The van der Waals surface area contributed by atoms with E-state index in [-0.39, 0.29) is 6.61 Å². The minimum absolute atomic E-state index is 0.0311. The lowest BCUT2D eigenvalue weighted by molar-refractivity contribution is 0.0992. The molecule has 0 aliphatic carbocycles. The van der Waals surface area contributed by atoms with Gasteiger partial charge in [0, 0.05) is 11.4 Å². The Kier molecular flexibility index (Phi) is 5.48. The molecule has 7 nitrogen and oxygen atoms in total. The number of aryl methyl sites for hydroxylation is 1. The van der Waals surface area contributed by atoms with Gasteiger partial charge in [0.25, 0.3) is 0 Å². The monoisotopic (exact) mass is 297 g/mol. The molecule has 0 bridgehead atoms. The molecule has 0 radical (unpaired) electrons. The zero-order chi connectivity index (χ0) is 14.4. The molecular formula is C12H19N5O2S. The summed E-state index contributed by atoms with van der Waals surface area (Å²) in [5.74, 6) is 6.52. The van der Waals surface area contributed by atoms with E-state index in [1.165, 1.54) is 4.88 Å². The van der Waals surface area contributed by atoms with E-state index in [1.54, 1.807) is 11.3 Å². The molecule has 5 N–H and O–H groups in total. The molecule has 0 saturated carbocycles. The van der Waals surface area contributed by atoms with E-state index < -0.39 is 0 Å². The van der Waals surface area contributed by atoms with Crippen LogP contribution in [0, 0.1) is 0 Å². The van der Waals surface area contributed by atoms with E-state index in [2.05, 4.69) is 33.7 Å². The highest BCUT2D eigenvalue weighted by molar-refractivity contribution is 7.18. The van der Waals surface area contributed by atoms with Crippen LogP contribution in [0.1, 0.15) is 11.8 Å². The Morgan fingerprint density at radius 1 is 1.40 bits per heavy atom. The van der Waals surface area contributed by atoms with Crippen LogP contribution in [0.15, 0.2) is 6.07 Å². The number of thiophene rings is 1. The number of nitrogens with zero attached hydrogens (tertiary/aromatic N) is 2. The van der Waals surface area contributed by atoms with Crippen molar-refractivity contribution >= 4 is 33.3 Å². The molecule has 2 heterocycles. The van der Waals surface area contributed by atoms with Gasteiger partial charge in [0.1, 0.15) is 10.6 Å². The highest BCUT2D eigenvalue weighted by Gasteiger charge is 2.10. The van der Waals surface area contributed by atoms with Crippen molar-refractivity contribution in [3.8, 4) is 0 Å². The lowest BCUT2D eigenvalue weighted by Crippen LogP contribution is -2.15. The molecule has 0 fully saturated rings. The van der Waals surface area contributed by atoms with Crippen molar-refractivity contribution in [3.63, 3.8) is 0 Å². The Hall–Kier alpha value is -1.48. The molecular weight excluding hydrogens is 278 g/mol. The second-order valence-electron chi connectivity index (χ2n) is 4.09. The van der Waals surface area contributed by atoms with Crippen LogP contribution in [-0.4, -0.2) is 41.4 Å². The van der Waals surface area contributed by atoms with Gasteiger partial charge in [-0.15, -0.1) is 11.3 Å². The van der Waals surface area contributed by atoms with E-state index in [1.807, 2.05) is 0 Å². The molecule has 2 aromatic heterocycles. The smallest absolute Gasteiger partial charge is 0.240 e. The highest BCUT2D eigenvalue weighted by atomic mass is 32.1. The molecule has 0 aromatic carbocycles. The first-order valence-corrected chi connectivity index (χ1v) is 7.29. The molecule has 110 valence electrons. The summed E-state index contributed by atoms with van der Waals surface area (Å²) >= 11 is 1.64. The second-order valence-corrected chi connectivity index (χ2v) is 5.20. The zero-order valence-corrected chi connectivity index (χ0v) is 12.2. The molecule has 0 amide bonds. The molecule has 20 heavy (non-hydrogen) atoms. The summed E-state index contributed by atoms with van der Waals surface area (Å²) in [6, 6.07) is 2.09.